The molecule has 2 N–H and O–H groups in total. The molecule has 0 aromatic heterocycles. The molecule has 0 aliphatic carbocycles. The third-order valence-corrected chi connectivity index (χ3v) is 3.91. The predicted octanol–water partition coefficient (Wildman–Crippen LogP) is 3.62. The monoisotopic (exact) mass is 346 g/mol. The summed E-state index contributed by atoms with van der Waals surface area (Å²) in [5.74, 6) is 0.0124. The summed E-state index contributed by atoms with van der Waals surface area (Å²) in [5.41, 5.74) is 3.18. The van der Waals surface area contributed by atoms with Gasteiger partial charge in [-0.3, -0.25) is 4.79 Å². The smallest absolute Gasteiger partial charge is 0.251 e. The van der Waals surface area contributed by atoms with E-state index in [4.69, 9.17) is 0 Å². The van der Waals surface area contributed by atoms with Crippen molar-refractivity contribution in [1.29, 1.82) is 0 Å². The maximum absolute atomic E-state index is 12.4. The van der Waals surface area contributed by atoms with Crippen LogP contribution >= 0.6 is 12.4 Å². The Morgan fingerprint density at radius 1 is 1.00 bits per heavy atom. The van der Waals surface area contributed by atoms with Crippen molar-refractivity contribution in [3.05, 3.63) is 71.3 Å². The lowest BCUT2D eigenvalue weighted by Crippen LogP contribution is -2.39. The number of likely N-dealkylation sites (N-methyl/N-ethyl adjacent to an activating group) is 1. The minimum absolute atomic E-state index is 0. The summed E-state index contributed by atoms with van der Waals surface area (Å²) in [6.45, 7) is 5.69. The highest BCUT2D eigenvalue weighted by Gasteiger charge is 2.11. The fraction of sp³-hybridized carbons (Fsp3) is 0.350. The summed E-state index contributed by atoms with van der Waals surface area (Å²) in [7, 11) is 0. The third-order valence-electron chi connectivity index (χ3n) is 3.91. The van der Waals surface area contributed by atoms with Crippen LogP contribution in [0.2, 0.25) is 0 Å². The quantitative estimate of drug-likeness (QED) is 0.766. The Morgan fingerprint density at radius 3 is 2.38 bits per heavy atom. The van der Waals surface area contributed by atoms with E-state index in [1.54, 1.807) is 0 Å². The number of hydrogen-bond acceptors (Lipinski definition) is 2. The van der Waals surface area contributed by atoms with Gasteiger partial charge in [0.15, 0.2) is 0 Å². The predicted molar refractivity (Wildman–Crippen MR) is 103 cm³/mol. The molecule has 0 radical (unpaired) electrons. The van der Waals surface area contributed by atoms with Crippen LogP contribution < -0.4 is 10.6 Å². The van der Waals surface area contributed by atoms with Crippen molar-refractivity contribution in [2.75, 3.05) is 13.1 Å². The van der Waals surface area contributed by atoms with Gasteiger partial charge in [0, 0.05) is 18.2 Å². The molecule has 2 aromatic carbocycles. The zero-order valence-corrected chi connectivity index (χ0v) is 15.2. The minimum atomic E-state index is 0. The van der Waals surface area contributed by atoms with Crippen molar-refractivity contribution < 1.29 is 4.79 Å². The van der Waals surface area contributed by atoms with E-state index in [2.05, 4.69) is 48.7 Å². The molecule has 0 fully saturated rings. The fourth-order valence-electron chi connectivity index (χ4n) is 2.65. The first-order valence-corrected chi connectivity index (χ1v) is 8.34. The first-order chi connectivity index (χ1) is 11.2. The van der Waals surface area contributed by atoms with E-state index in [0.29, 0.717) is 6.54 Å². The molecule has 0 spiro atoms. The van der Waals surface area contributed by atoms with Crippen LogP contribution in [0, 0.1) is 0 Å². The molecule has 4 heteroatoms. The minimum Gasteiger partial charge on any atom is -0.350 e. The molecule has 0 bridgehead atoms. The van der Waals surface area contributed by atoms with E-state index >= 15 is 0 Å². The Bertz CT molecular complexity index is 616. The Labute approximate surface area is 151 Å². The fourth-order valence-corrected chi connectivity index (χ4v) is 2.65. The van der Waals surface area contributed by atoms with E-state index in [9.17, 15) is 4.79 Å². The highest BCUT2D eigenvalue weighted by atomic mass is 35.5. The molecule has 1 amide bonds. The summed E-state index contributed by atoms with van der Waals surface area (Å²) in [5, 5.41) is 6.32. The van der Waals surface area contributed by atoms with Crippen molar-refractivity contribution >= 4 is 18.3 Å². The molecule has 130 valence electrons. The zero-order chi connectivity index (χ0) is 16.5. The van der Waals surface area contributed by atoms with E-state index < -0.39 is 0 Å². The maximum Gasteiger partial charge on any atom is 0.251 e. The zero-order valence-electron chi connectivity index (χ0n) is 14.4. The topological polar surface area (TPSA) is 41.1 Å². The molecule has 3 nitrogen and oxygen atoms in total. The van der Waals surface area contributed by atoms with Crippen LogP contribution in [0.25, 0.3) is 0 Å². The summed E-state index contributed by atoms with van der Waals surface area (Å²) in [6, 6.07) is 18.5. The highest BCUT2D eigenvalue weighted by molar-refractivity contribution is 5.95. The van der Waals surface area contributed by atoms with Gasteiger partial charge in [-0.05, 0) is 43.5 Å². The summed E-state index contributed by atoms with van der Waals surface area (Å²) >= 11 is 0. The van der Waals surface area contributed by atoms with Crippen LogP contribution in [-0.4, -0.2) is 25.0 Å². The van der Waals surface area contributed by atoms with Crippen molar-refractivity contribution in [3.8, 4) is 0 Å². The van der Waals surface area contributed by atoms with Crippen molar-refractivity contribution in [2.24, 2.45) is 0 Å². The van der Waals surface area contributed by atoms with Gasteiger partial charge in [0.2, 0.25) is 0 Å². The Kier molecular flexibility index (Phi) is 9.13. The second-order valence-corrected chi connectivity index (χ2v) is 5.81. The van der Waals surface area contributed by atoms with E-state index in [0.717, 1.165) is 30.5 Å². The molecule has 24 heavy (non-hydrogen) atoms. The summed E-state index contributed by atoms with van der Waals surface area (Å²) in [4.78, 5) is 12.4. The molecule has 1 atom stereocenters. The van der Waals surface area contributed by atoms with E-state index in [-0.39, 0.29) is 24.4 Å². The molecule has 0 unspecified atom stereocenters. The van der Waals surface area contributed by atoms with Crippen LogP contribution in [0.1, 0.15) is 35.3 Å². The lowest BCUT2D eigenvalue weighted by molar-refractivity contribution is 0.0949. The standard InChI is InChI=1S/C20H26N2O.ClH/c1-3-21-16(2)15-22-20(23)19-12-8-7-11-18(19)14-13-17-9-5-4-6-10-17;/h4-12,16,21H,3,13-15H2,1-2H3,(H,22,23);1H/t16-;/m1./s1. The van der Waals surface area contributed by atoms with Gasteiger partial charge in [-0.2, -0.15) is 0 Å². The van der Waals surface area contributed by atoms with Crippen molar-refractivity contribution in [2.45, 2.75) is 32.7 Å². The van der Waals surface area contributed by atoms with Gasteiger partial charge in [-0.25, -0.2) is 0 Å². The van der Waals surface area contributed by atoms with Gasteiger partial charge in [0.25, 0.3) is 5.91 Å². The Morgan fingerprint density at radius 2 is 1.67 bits per heavy atom. The number of rotatable bonds is 8. The van der Waals surface area contributed by atoms with Gasteiger partial charge in [-0.1, -0.05) is 55.5 Å². The van der Waals surface area contributed by atoms with Crippen LogP contribution in [0.4, 0.5) is 0 Å². The largest absolute Gasteiger partial charge is 0.350 e. The average molecular weight is 347 g/mol. The van der Waals surface area contributed by atoms with Crippen LogP contribution in [0.3, 0.4) is 0 Å². The number of benzene rings is 2. The number of amides is 1. The number of carbonyl (C=O) groups is 1. The third kappa shape index (κ3) is 6.34. The van der Waals surface area contributed by atoms with Gasteiger partial charge in [0.1, 0.15) is 0 Å². The molecule has 0 heterocycles. The first-order valence-electron chi connectivity index (χ1n) is 8.34. The molecule has 0 aliphatic rings. The second-order valence-electron chi connectivity index (χ2n) is 5.81. The first kappa shape index (κ1) is 20.2. The van der Waals surface area contributed by atoms with E-state index in [1.165, 1.54) is 5.56 Å². The molecule has 0 saturated heterocycles. The lowest BCUT2D eigenvalue weighted by Gasteiger charge is -2.15. The summed E-state index contributed by atoms with van der Waals surface area (Å²) < 4.78 is 0. The normalized spacial score (nSPS) is 11.4. The van der Waals surface area contributed by atoms with Gasteiger partial charge < -0.3 is 10.6 Å². The molecule has 0 saturated carbocycles. The number of halogens is 1. The Balaban J connectivity index is 0.00000288. The SMILES string of the molecule is CCN[C@H](C)CNC(=O)c1ccccc1CCc1ccccc1.Cl. The number of nitrogens with one attached hydrogen (secondary N) is 2. The van der Waals surface area contributed by atoms with Gasteiger partial charge in [-0.15, -0.1) is 12.4 Å². The maximum atomic E-state index is 12.4. The van der Waals surface area contributed by atoms with Gasteiger partial charge >= 0.3 is 0 Å². The number of carbonyl (C=O) groups excluding carboxylic acids is 1. The van der Waals surface area contributed by atoms with Crippen LogP contribution in [0.5, 0.6) is 0 Å². The average Bonchev–Trinajstić information content (AvgIpc) is 2.59. The molecule has 2 rings (SSSR count). The van der Waals surface area contributed by atoms with Crippen LogP contribution in [-0.2, 0) is 12.8 Å². The molecular weight excluding hydrogens is 320 g/mol. The highest BCUT2D eigenvalue weighted by Crippen LogP contribution is 2.12. The van der Waals surface area contributed by atoms with Crippen molar-refractivity contribution in [3.63, 3.8) is 0 Å². The number of hydrogen-bond donors (Lipinski definition) is 2. The number of aryl methyl sites for hydroxylation is 2. The van der Waals surface area contributed by atoms with E-state index in [1.807, 2.05) is 30.3 Å². The summed E-state index contributed by atoms with van der Waals surface area (Å²) in [6.07, 6.45) is 1.81. The van der Waals surface area contributed by atoms with Gasteiger partial charge in [0.05, 0.1) is 0 Å². The van der Waals surface area contributed by atoms with Crippen molar-refractivity contribution in [1.82, 2.24) is 10.6 Å². The second kappa shape index (κ2) is 10.8. The Hall–Kier alpha value is -1.84. The molecule has 0 aliphatic heterocycles. The lowest BCUT2D eigenvalue weighted by atomic mass is 9.99. The molecule has 2 aromatic rings. The van der Waals surface area contributed by atoms with Crippen LogP contribution in [0.15, 0.2) is 54.6 Å². The molecular formula is C20H27ClN2O.